The summed E-state index contributed by atoms with van der Waals surface area (Å²) >= 11 is 6.09. The monoisotopic (exact) mass is 346 g/mol. The van der Waals surface area contributed by atoms with Gasteiger partial charge in [-0.2, -0.15) is 10.4 Å². The lowest BCUT2D eigenvalue weighted by Crippen LogP contribution is -2.04. The van der Waals surface area contributed by atoms with Crippen LogP contribution in [0.5, 0.6) is 0 Å². The Morgan fingerprint density at radius 3 is 2.64 bits per heavy atom. The predicted molar refractivity (Wildman–Crippen MR) is 95.8 cm³/mol. The molecular formula is C18H11ClN6. The first-order valence-electron chi connectivity index (χ1n) is 7.43. The fourth-order valence-corrected chi connectivity index (χ4v) is 2.92. The van der Waals surface area contributed by atoms with E-state index in [2.05, 4.69) is 21.1 Å². The van der Waals surface area contributed by atoms with Gasteiger partial charge in [0.05, 0.1) is 23.0 Å². The number of hydrogen-bond donors (Lipinski definition) is 1. The Hall–Kier alpha value is -3.43. The number of nitriles is 1. The van der Waals surface area contributed by atoms with E-state index in [1.165, 1.54) is 0 Å². The third-order valence-electron chi connectivity index (χ3n) is 3.83. The van der Waals surface area contributed by atoms with Gasteiger partial charge in [0, 0.05) is 29.6 Å². The van der Waals surface area contributed by atoms with Crippen molar-refractivity contribution in [2.24, 2.45) is 0 Å². The zero-order valence-corrected chi connectivity index (χ0v) is 13.6. The van der Waals surface area contributed by atoms with Gasteiger partial charge in [-0.1, -0.05) is 23.7 Å². The quantitative estimate of drug-likeness (QED) is 0.599. The van der Waals surface area contributed by atoms with Crippen molar-refractivity contribution in [3.8, 4) is 28.6 Å². The Morgan fingerprint density at radius 2 is 1.88 bits per heavy atom. The number of aromatic nitrogens is 4. The average molecular weight is 347 g/mol. The van der Waals surface area contributed by atoms with E-state index in [1.807, 2.05) is 24.3 Å². The van der Waals surface area contributed by atoms with Crippen LogP contribution in [0.25, 0.3) is 28.0 Å². The zero-order valence-electron chi connectivity index (χ0n) is 12.9. The van der Waals surface area contributed by atoms with Crippen molar-refractivity contribution in [1.29, 1.82) is 5.26 Å². The highest BCUT2D eigenvalue weighted by Gasteiger charge is 2.18. The largest absolute Gasteiger partial charge is 0.382 e. The lowest BCUT2D eigenvalue weighted by Gasteiger charge is -2.13. The third kappa shape index (κ3) is 2.57. The number of fused-ring (bicyclic) bond motifs is 1. The van der Waals surface area contributed by atoms with Crippen molar-refractivity contribution >= 4 is 22.9 Å². The number of pyridine rings is 1. The van der Waals surface area contributed by atoms with E-state index in [1.54, 1.807) is 35.1 Å². The van der Waals surface area contributed by atoms with Crippen molar-refractivity contribution in [3.05, 3.63) is 65.6 Å². The molecule has 3 aromatic heterocycles. The number of rotatable bonds is 2. The smallest absolute Gasteiger partial charge is 0.152 e. The maximum atomic E-state index is 9.19. The van der Waals surface area contributed by atoms with Gasteiger partial charge in [-0.3, -0.25) is 4.98 Å². The number of benzene rings is 1. The second-order valence-electron chi connectivity index (χ2n) is 5.39. The van der Waals surface area contributed by atoms with Crippen LogP contribution in [0, 0.1) is 11.3 Å². The van der Waals surface area contributed by atoms with E-state index in [4.69, 9.17) is 17.3 Å². The zero-order chi connectivity index (χ0) is 17.4. The maximum Gasteiger partial charge on any atom is 0.152 e. The van der Waals surface area contributed by atoms with Gasteiger partial charge in [0.15, 0.2) is 5.15 Å². The average Bonchev–Trinajstić information content (AvgIpc) is 3.04. The Balaban J connectivity index is 2.12. The molecule has 4 aromatic rings. The van der Waals surface area contributed by atoms with Crippen LogP contribution in [0.3, 0.4) is 0 Å². The summed E-state index contributed by atoms with van der Waals surface area (Å²) in [5, 5.41) is 13.9. The van der Waals surface area contributed by atoms with Crippen LogP contribution in [-0.4, -0.2) is 19.6 Å². The molecule has 0 spiro atoms. The summed E-state index contributed by atoms with van der Waals surface area (Å²) < 4.78 is 1.67. The van der Waals surface area contributed by atoms with Gasteiger partial charge in [0.1, 0.15) is 11.3 Å². The van der Waals surface area contributed by atoms with E-state index < -0.39 is 0 Å². The Kier molecular flexibility index (Phi) is 3.56. The van der Waals surface area contributed by atoms with Crippen molar-refractivity contribution in [1.82, 2.24) is 19.6 Å². The fraction of sp³-hybridized carbons (Fsp3) is 0. The molecule has 2 N–H and O–H groups in total. The minimum Gasteiger partial charge on any atom is -0.382 e. The summed E-state index contributed by atoms with van der Waals surface area (Å²) in [4.78, 5) is 8.62. The van der Waals surface area contributed by atoms with Gasteiger partial charge in [-0.05, 0) is 24.3 Å². The van der Waals surface area contributed by atoms with Gasteiger partial charge < -0.3 is 5.73 Å². The van der Waals surface area contributed by atoms with Gasteiger partial charge >= 0.3 is 0 Å². The molecule has 0 atom stereocenters. The molecule has 0 radical (unpaired) electrons. The Bertz CT molecular complexity index is 1130. The third-order valence-corrected chi connectivity index (χ3v) is 4.01. The molecular weight excluding hydrogens is 336 g/mol. The summed E-state index contributed by atoms with van der Waals surface area (Å²) in [5.41, 5.74) is 10.3. The van der Waals surface area contributed by atoms with Crippen LogP contribution in [0.4, 0.5) is 5.82 Å². The van der Waals surface area contributed by atoms with Crippen LogP contribution in [0.2, 0.25) is 5.15 Å². The molecule has 25 heavy (non-hydrogen) atoms. The van der Waals surface area contributed by atoms with Crippen LogP contribution in [0.15, 0.2) is 54.9 Å². The topological polar surface area (TPSA) is 92.9 Å². The summed E-state index contributed by atoms with van der Waals surface area (Å²) in [5.74, 6) is 0.314. The first kappa shape index (κ1) is 15.1. The number of nitrogens with zero attached hydrogens (tertiary/aromatic N) is 5. The Labute approximate surface area is 148 Å². The molecule has 0 aliphatic heterocycles. The highest BCUT2D eigenvalue weighted by Crippen LogP contribution is 2.34. The van der Waals surface area contributed by atoms with Crippen LogP contribution in [0.1, 0.15) is 5.56 Å². The molecule has 0 saturated carbocycles. The van der Waals surface area contributed by atoms with Gasteiger partial charge in [-0.15, -0.1) is 0 Å². The molecule has 1 aromatic carbocycles. The lowest BCUT2D eigenvalue weighted by atomic mass is 10.0. The molecule has 0 saturated heterocycles. The summed E-state index contributed by atoms with van der Waals surface area (Å²) in [7, 11) is 0. The minimum absolute atomic E-state index is 0.314. The SMILES string of the molecule is N#Cc1cccc(-c2nc(N)c3cc(Cl)nn3c2-c2ccncc2)c1. The molecule has 3 heterocycles. The summed E-state index contributed by atoms with van der Waals surface area (Å²) in [6.07, 6.45) is 3.39. The van der Waals surface area contributed by atoms with E-state index in [-0.39, 0.29) is 0 Å². The number of nitrogen functional groups attached to an aromatic ring is 1. The van der Waals surface area contributed by atoms with Crippen molar-refractivity contribution in [2.45, 2.75) is 0 Å². The molecule has 4 rings (SSSR count). The molecule has 0 aliphatic rings. The van der Waals surface area contributed by atoms with Crippen LogP contribution in [-0.2, 0) is 0 Å². The van der Waals surface area contributed by atoms with Crippen molar-refractivity contribution in [3.63, 3.8) is 0 Å². The Morgan fingerprint density at radius 1 is 1.08 bits per heavy atom. The standard InChI is InChI=1S/C18H11ClN6/c19-15-9-14-18(21)23-16(13-3-1-2-11(8-13)10-20)17(25(14)24-15)12-4-6-22-7-5-12/h1-9H,(H2,21,23). The molecule has 6 nitrogen and oxygen atoms in total. The maximum absolute atomic E-state index is 9.19. The highest BCUT2D eigenvalue weighted by molar-refractivity contribution is 6.29. The van der Waals surface area contributed by atoms with E-state index >= 15 is 0 Å². The van der Waals surface area contributed by atoms with E-state index in [9.17, 15) is 5.26 Å². The summed E-state index contributed by atoms with van der Waals surface area (Å²) in [6.45, 7) is 0. The lowest BCUT2D eigenvalue weighted by molar-refractivity contribution is 0.960. The predicted octanol–water partition coefficient (Wildman–Crippen LogP) is 3.57. The van der Waals surface area contributed by atoms with Gasteiger partial charge in [0.25, 0.3) is 0 Å². The van der Waals surface area contributed by atoms with Gasteiger partial charge in [0.2, 0.25) is 0 Å². The number of nitrogens with two attached hydrogens (primary N) is 1. The number of anilines is 1. The second kappa shape index (κ2) is 5.89. The fourth-order valence-electron chi connectivity index (χ4n) is 2.74. The minimum atomic E-state index is 0.314. The van der Waals surface area contributed by atoms with Crippen molar-refractivity contribution in [2.75, 3.05) is 5.73 Å². The second-order valence-corrected chi connectivity index (χ2v) is 5.77. The normalized spacial score (nSPS) is 10.7. The van der Waals surface area contributed by atoms with Crippen molar-refractivity contribution < 1.29 is 0 Å². The highest BCUT2D eigenvalue weighted by atomic mass is 35.5. The molecule has 0 aliphatic carbocycles. The summed E-state index contributed by atoms with van der Waals surface area (Å²) in [6, 6.07) is 14.7. The number of hydrogen-bond acceptors (Lipinski definition) is 5. The molecule has 7 heteroatoms. The van der Waals surface area contributed by atoms with Crippen LogP contribution < -0.4 is 5.73 Å². The van der Waals surface area contributed by atoms with Gasteiger partial charge in [-0.25, -0.2) is 9.50 Å². The van der Waals surface area contributed by atoms with Crippen LogP contribution >= 0.6 is 11.6 Å². The first-order valence-corrected chi connectivity index (χ1v) is 7.81. The van der Waals surface area contributed by atoms with E-state index in [0.717, 1.165) is 16.8 Å². The molecule has 0 fully saturated rings. The molecule has 120 valence electrons. The van der Waals surface area contributed by atoms with E-state index in [0.29, 0.717) is 27.7 Å². The molecule has 0 unspecified atom stereocenters. The molecule has 0 amide bonds. The molecule has 0 bridgehead atoms. The first-order chi connectivity index (χ1) is 12.2. The number of halogens is 1.